The van der Waals surface area contributed by atoms with Crippen LogP contribution in [-0.4, -0.2) is 59.1 Å². The molecule has 36 heavy (non-hydrogen) atoms. The van der Waals surface area contributed by atoms with Gasteiger partial charge in [-0.1, -0.05) is 54.1 Å². The van der Waals surface area contributed by atoms with Crippen LogP contribution in [-0.2, 0) is 0 Å². The van der Waals surface area contributed by atoms with E-state index in [1.54, 1.807) is 30.5 Å². The van der Waals surface area contributed by atoms with Crippen molar-refractivity contribution < 1.29 is 9.84 Å². The van der Waals surface area contributed by atoms with Gasteiger partial charge >= 0.3 is 5.56 Å². The predicted molar refractivity (Wildman–Crippen MR) is 143 cm³/mol. The summed E-state index contributed by atoms with van der Waals surface area (Å²) < 4.78 is 7.58. The summed E-state index contributed by atoms with van der Waals surface area (Å²) in [6, 6.07) is 24.8. The molecule has 1 aromatic heterocycles. The fourth-order valence-corrected chi connectivity index (χ4v) is 4.46. The molecule has 1 aliphatic heterocycles. The van der Waals surface area contributed by atoms with Gasteiger partial charge in [0, 0.05) is 37.7 Å². The Morgan fingerprint density at radius 3 is 2.19 bits per heavy atom. The van der Waals surface area contributed by atoms with Gasteiger partial charge in [0.05, 0.1) is 18.5 Å². The molecule has 0 aliphatic carbocycles. The third kappa shape index (κ3) is 5.28. The zero-order valence-electron chi connectivity index (χ0n) is 19.8. The van der Waals surface area contributed by atoms with Crippen molar-refractivity contribution in [3.8, 4) is 28.3 Å². The molecule has 1 saturated heterocycles. The van der Waals surface area contributed by atoms with Gasteiger partial charge in [-0.2, -0.15) is 9.78 Å². The van der Waals surface area contributed by atoms with Crippen molar-refractivity contribution in [2.75, 3.05) is 44.2 Å². The average molecular weight is 503 g/mol. The van der Waals surface area contributed by atoms with E-state index in [-0.39, 0.29) is 17.9 Å². The minimum absolute atomic E-state index is 0.131. The fourth-order valence-electron chi connectivity index (χ4n) is 4.33. The maximum Gasteiger partial charge on any atom is 0.316 e. The fraction of sp³-hybridized carbons (Fsp3) is 0.214. The van der Waals surface area contributed by atoms with E-state index >= 15 is 0 Å². The lowest BCUT2D eigenvalue weighted by Crippen LogP contribution is -2.47. The Labute approximate surface area is 214 Å². The molecule has 0 unspecified atom stereocenters. The van der Waals surface area contributed by atoms with Gasteiger partial charge in [0.1, 0.15) is 11.4 Å². The van der Waals surface area contributed by atoms with Gasteiger partial charge in [-0.25, -0.2) is 0 Å². The number of β-amino-alcohol motifs (C(OH)–C–C–N with tert-alkyl or cyclic N) is 1. The Hall–Kier alpha value is -3.65. The van der Waals surface area contributed by atoms with Crippen LogP contribution in [0.1, 0.15) is 0 Å². The van der Waals surface area contributed by atoms with Crippen LogP contribution in [0.3, 0.4) is 0 Å². The zero-order chi connectivity index (χ0) is 24.9. The molecule has 0 radical (unpaired) electrons. The number of rotatable bonds is 7. The molecule has 0 atom stereocenters. The molecule has 1 aliphatic rings. The lowest BCUT2D eigenvalue weighted by Gasteiger charge is -2.36. The first kappa shape index (κ1) is 24.1. The molecule has 3 aromatic carbocycles. The van der Waals surface area contributed by atoms with Crippen molar-refractivity contribution in [3.05, 3.63) is 100 Å². The maximum atomic E-state index is 13.6. The molecule has 0 bridgehead atoms. The molecular weight excluding hydrogens is 476 g/mol. The molecule has 7 nitrogen and oxygen atoms in total. The quantitative estimate of drug-likeness (QED) is 0.402. The topological polar surface area (TPSA) is 70.8 Å². The summed E-state index contributed by atoms with van der Waals surface area (Å²) in [5.74, 6) is 0.795. The minimum Gasteiger partial charge on any atom is -0.449 e. The van der Waals surface area contributed by atoms with E-state index in [1.165, 1.54) is 4.68 Å². The van der Waals surface area contributed by atoms with Gasteiger partial charge in [-0.3, -0.25) is 9.69 Å². The number of halogens is 1. The molecule has 0 amide bonds. The minimum atomic E-state index is -0.347. The highest BCUT2D eigenvalue weighted by atomic mass is 35.5. The highest BCUT2D eigenvalue weighted by Crippen LogP contribution is 2.31. The van der Waals surface area contributed by atoms with Crippen LogP contribution in [0.25, 0.3) is 16.8 Å². The van der Waals surface area contributed by atoms with E-state index in [9.17, 15) is 9.90 Å². The second-order valence-electron chi connectivity index (χ2n) is 8.60. The van der Waals surface area contributed by atoms with Gasteiger partial charge in [0.25, 0.3) is 0 Å². The van der Waals surface area contributed by atoms with Crippen LogP contribution >= 0.6 is 11.6 Å². The van der Waals surface area contributed by atoms with E-state index in [4.69, 9.17) is 16.3 Å². The van der Waals surface area contributed by atoms with Gasteiger partial charge in [0.15, 0.2) is 0 Å². The van der Waals surface area contributed by atoms with Crippen LogP contribution in [0, 0.1) is 0 Å². The SMILES string of the molecule is O=c1c(Oc2ccc(-c3ccccc3)cc2)c(N2CCN(CCO)CC2)cnn1-c1ccc(Cl)cc1. The lowest BCUT2D eigenvalue weighted by atomic mass is 10.1. The molecule has 0 spiro atoms. The molecule has 184 valence electrons. The van der Waals surface area contributed by atoms with Crippen LogP contribution in [0.5, 0.6) is 11.5 Å². The molecule has 1 N–H and O–H groups in total. The number of aliphatic hydroxyl groups is 1. The van der Waals surface area contributed by atoms with Crippen LogP contribution < -0.4 is 15.2 Å². The first-order valence-electron chi connectivity index (χ1n) is 11.9. The van der Waals surface area contributed by atoms with E-state index in [0.29, 0.717) is 41.8 Å². The van der Waals surface area contributed by atoms with Gasteiger partial charge in [-0.15, -0.1) is 0 Å². The number of aromatic nitrogens is 2. The molecule has 5 rings (SSSR count). The molecule has 8 heteroatoms. The summed E-state index contributed by atoms with van der Waals surface area (Å²) in [6.07, 6.45) is 1.69. The van der Waals surface area contributed by atoms with Gasteiger partial charge in [-0.05, 0) is 47.5 Å². The third-order valence-corrected chi connectivity index (χ3v) is 6.55. The summed E-state index contributed by atoms with van der Waals surface area (Å²) in [6.45, 7) is 3.75. The van der Waals surface area contributed by atoms with Crippen molar-refractivity contribution >= 4 is 17.3 Å². The van der Waals surface area contributed by atoms with Crippen LogP contribution in [0.4, 0.5) is 5.69 Å². The molecule has 4 aromatic rings. The molecule has 1 fully saturated rings. The highest BCUT2D eigenvalue weighted by Gasteiger charge is 2.24. The van der Waals surface area contributed by atoms with Crippen molar-refractivity contribution in [1.82, 2.24) is 14.7 Å². The van der Waals surface area contributed by atoms with Gasteiger partial charge < -0.3 is 14.7 Å². The zero-order valence-corrected chi connectivity index (χ0v) is 20.5. The predicted octanol–water partition coefficient (Wildman–Crippen LogP) is 4.46. The standard InChI is InChI=1S/C28H27ClN4O3/c29-23-8-10-24(11-9-23)33-28(35)27(26(20-30-33)32-16-14-31(15-17-32)18-19-34)36-25-12-6-22(7-13-25)21-4-2-1-3-5-21/h1-13,20,34H,14-19H2. The van der Waals surface area contributed by atoms with Crippen molar-refractivity contribution in [2.45, 2.75) is 0 Å². The van der Waals surface area contributed by atoms with Crippen molar-refractivity contribution in [2.24, 2.45) is 0 Å². The second-order valence-corrected chi connectivity index (χ2v) is 9.03. The normalized spacial score (nSPS) is 14.1. The number of piperazine rings is 1. The Morgan fingerprint density at radius 1 is 0.861 bits per heavy atom. The summed E-state index contributed by atoms with van der Waals surface area (Å²) in [5, 5.41) is 14.3. The van der Waals surface area contributed by atoms with Gasteiger partial charge in [0.2, 0.25) is 5.75 Å². The highest BCUT2D eigenvalue weighted by molar-refractivity contribution is 6.30. The van der Waals surface area contributed by atoms with E-state index in [1.807, 2.05) is 42.5 Å². The Bertz CT molecular complexity index is 1350. The smallest absolute Gasteiger partial charge is 0.316 e. The summed E-state index contributed by atoms with van der Waals surface area (Å²) >= 11 is 6.04. The number of hydrogen-bond acceptors (Lipinski definition) is 6. The number of benzene rings is 3. The Morgan fingerprint density at radius 2 is 1.53 bits per heavy atom. The second kappa shape index (κ2) is 11.0. The number of anilines is 1. The van der Waals surface area contributed by atoms with Crippen LogP contribution in [0.2, 0.25) is 5.02 Å². The average Bonchev–Trinajstić information content (AvgIpc) is 2.92. The summed E-state index contributed by atoms with van der Waals surface area (Å²) in [4.78, 5) is 18.0. The molecule has 0 saturated carbocycles. The third-order valence-electron chi connectivity index (χ3n) is 6.30. The number of aliphatic hydroxyl groups excluding tert-OH is 1. The Kier molecular flexibility index (Phi) is 7.32. The molecule has 2 heterocycles. The summed E-state index contributed by atoms with van der Waals surface area (Å²) in [7, 11) is 0. The number of nitrogens with zero attached hydrogens (tertiary/aromatic N) is 4. The Balaban J connectivity index is 1.48. The first-order valence-corrected chi connectivity index (χ1v) is 12.3. The molecular formula is C28H27ClN4O3. The van der Waals surface area contributed by atoms with E-state index < -0.39 is 0 Å². The van der Waals surface area contributed by atoms with E-state index in [0.717, 1.165) is 24.2 Å². The largest absolute Gasteiger partial charge is 0.449 e. The van der Waals surface area contributed by atoms with Crippen molar-refractivity contribution in [3.63, 3.8) is 0 Å². The first-order chi connectivity index (χ1) is 17.6. The van der Waals surface area contributed by atoms with Crippen LogP contribution in [0.15, 0.2) is 89.9 Å². The maximum absolute atomic E-state index is 13.6. The lowest BCUT2D eigenvalue weighted by molar-refractivity contribution is 0.188. The van der Waals surface area contributed by atoms with Crippen molar-refractivity contribution in [1.29, 1.82) is 0 Å². The number of hydrogen-bond donors (Lipinski definition) is 1. The monoisotopic (exact) mass is 502 g/mol. The van der Waals surface area contributed by atoms with E-state index in [2.05, 4.69) is 27.0 Å². The number of ether oxygens (including phenoxy) is 1. The summed E-state index contributed by atoms with van der Waals surface area (Å²) in [5.41, 5.74) is 3.09.